The third-order valence-corrected chi connectivity index (χ3v) is 6.57. The Bertz CT molecular complexity index is 1410. The Morgan fingerprint density at radius 1 is 0.441 bits per heavy atom. The minimum atomic E-state index is 0. The normalized spacial score (nSPS) is 16.7. The van der Waals surface area contributed by atoms with Crippen molar-refractivity contribution in [2.75, 3.05) is 0 Å². The van der Waals surface area contributed by atoms with Crippen molar-refractivity contribution >= 4 is 16.7 Å². The van der Waals surface area contributed by atoms with E-state index in [0.717, 1.165) is 0 Å². The Morgan fingerprint density at radius 3 is 1.29 bits per heavy atom. The third kappa shape index (κ3) is 3.84. The van der Waals surface area contributed by atoms with E-state index in [9.17, 15) is 0 Å². The predicted molar refractivity (Wildman–Crippen MR) is 139 cm³/mol. The molecule has 0 saturated carbocycles. The van der Waals surface area contributed by atoms with Crippen molar-refractivity contribution in [2.45, 2.75) is 5.92 Å². The van der Waals surface area contributed by atoms with Gasteiger partial charge in [0.05, 0.1) is 0 Å². The molecule has 0 N–H and O–H groups in total. The molecule has 0 saturated heterocycles. The molecule has 0 amide bonds. The maximum absolute atomic E-state index is 2.27. The first-order valence-electron chi connectivity index (χ1n) is 11.5. The van der Waals surface area contributed by atoms with Crippen LogP contribution in [0.3, 0.4) is 0 Å². The summed E-state index contributed by atoms with van der Waals surface area (Å²) in [5.74, 6) is 0.162. The van der Waals surface area contributed by atoms with Gasteiger partial charge in [0.15, 0.2) is 0 Å². The summed E-state index contributed by atoms with van der Waals surface area (Å²) in [7, 11) is 0. The van der Waals surface area contributed by atoms with Gasteiger partial charge in [0.2, 0.25) is 0 Å². The fraction of sp³-hybridized carbons (Fsp3) is 0.0303. The number of hydrogen-bond acceptors (Lipinski definition) is 0. The second kappa shape index (κ2) is 9.68. The van der Waals surface area contributed by atoms with Crippen molar-refractivity contribution in [3.63, 3.8) is 0 Å². The van der Waals surface area contributed by atoms with E-state index in [2.05, 4.69) is 140 Å². The molecule has 2 aliphatic rings. The largest absolute Gasteiger partial charge is 0.0622 e. The van der Waals surface area contributed by atoms with Crippen LogP contribution in [0.2, 0.25) is 0 Å². The Balaban J connectivity index is 0.00000241. The smallest absolute Gasteiger partial charge is 0.0364 e. The van der Waals surface area contributed by atoms with E-state index in [4.69, 9.17) is 0 Å². The minimum Gasteiger partial charge on any atom is -0.0622 e. The zero-order chi connectivity index (χ0) is 22.0. The van der Waals surface area contributed by atoms with E-state index in [0.29, 0.717) is 0 Å². The summed E-state index contributed by atoms with van der Waals surface area (Å²) >= 11 is 0. The third-order valence-electron chi connectivity index (χ3n) is 6.57. The van der Waals surface area contributed by atoms with Gasteiger partial charge in [-0.3, -0.25) is 0 Å². The van der Waals surface area contributed by atoms with Crippen LogP contribution in [-0.4, -0.2) is 0 Å². The fourth-order valence-corrected chi connectivity index (χ4v) is 5.10. The molecule has 0 fully saturated rings. The summed E-state index contributed by atoms with van der Waals surface area (Å²) in [4.78, 5) is 0. The Hall–Kier alpha value is -3.65. The molecule has 1 heteroatoms. The molecule has 0 bridgehead atoms. The standard InChI is InChI=1S/C33H24.Co/c1-5-14-24(15-6-1)29-30(25-16-7-2-8-17-25)32(27-20-11-4-12-21-27)33(28-22-13-23-28)31(29)26-18-9-3-10-19-26;/h1-23,31H;. The van der Waals surface area contributed by atoms with E-state index >= 15 is 0 Å². The summed E-state index contributed by atoms with van der Waals surface area (Å²) in [5, 5.41) is 0. The van der Waals surface area contributed by atoms with E-state index in [1.807, 2.05) is 0 Å². The van der Waals surface area contributed by atoms with Crippen molar-refractivity contribution in [2.24, 2.45) is 0 Å². The monoisotopic (exact) mass is 479 g/mol. The second-order valence-electron chi connectivity index (χ2n) is 8.50. The van der Waals surface area contributed by atoms with Gasteiger partial charge in [-0.1, -0.05) is 140 Å². The summed E-state index contributed by atoms with van der Waals surface area (Å²) < 4.78 is 0. The maximum atomic E-state index is 2.27. The van der Waals surface area contributed by atoms with Gasteiger partial charge in [-0.05, 0) is 50.1 Å². The van der Waals surface area contributed by atoms with Crippen LogP contribution in [-0.2, 0) is 16.8 Å². The number of allylic oxidation sites excluding steroid dienone is 8. The average molecular weight is 479 g/mol. The van der Waals surface area contributed by atoms with Gasteiger partial charge in [0, 0.05) is 22.7 Å². The zero-order valence-electron chi connectivity index (χ0n) is 18.7. The Labute approximate surface area is 211 Å². The van der Waals surface area contributed by atoms with Gasteiger partial charge >= 0.3 is 0 Å². The molecule has 0 aromatic heterocycles. The van der Waals surface area contributed by atoms with Crippen molar-refractivity contribution in [3.05, 3.63) is 173 Å². The van der Waals surface area contributed by atoms with Crippen molar-refractivity contribution in [1.82, 2.24) is 0 Å². The van der Waals surface area contributed by atoms with Gasteiger partial charge < -0.3 is 0 Å². The molecule has 4 aromatic rings. The van der Waals surface area contributed by atoms with Gasteiger partial charge in [-0.2, -0.15) is 0 Å². The van der Waals surface area contributed by atoms with Crippen molar-refractivity contribution in [1.29, 1.82) is 0 Å². The first kappa shape index (κ1) is 22.2. The molecule has 0 nitrogen and oxygen atoms in total. The summed E-state index contributed by atoms with van der Waals surface area (Å²) in [6.45, 7) is 0. The van der Waals surface area contributed by atoms with Crippen molar-refractivity contribution < 1.29 is 16.8 Å². The molecule has 4 aromatic carbocycles. The molecule has 1 unspecified atom stereocenters. The van der Waals surface area contributed by atoms with Crippen LogP contribution in [0.25, 0.3) is 16.7 Å². The average Bonchev–Trinajstić information content (AvgIpc) is 3.20. The Morgan fingerprint density at radius 2 is 0.853 bits per heavy atom. The molecule has 1 radical (unpaired) electrons. The van der Waals surface area contributed by atoms with E-state index in [-0.39, 0.29) is 22.7 Å². The van der Waals surface area contributed by atoms with E-state index in [1.165, 1.54) is 50.1 Å². The molecule has 2 aliphatic carbocycles. The molecule has 1 atom stereocenters. The second-order valence-corrected chi connectivity index (χ2v) is 8.50. The number of benzene rings is 4. The van der Waals surface area contributed by atoms with Gasteiger partial charge in [-0.25, -0.2) is 0 Å². The van der Waals surface area contributed by atoms with Crippen LogP contribution in [0.1, 0.15) is 28.2 Å². The topological polar surface area (TPSA) is 0 Å². The predicted octanol–water partition coefficient (Wildman–Crippen LogP) is 8.34. The summed E-state index contributed by atoms with van der Waals surface area (Å²) in [5.41, 5.74) is 11.9. The molecular formula is C33H24Co. The molecule has 0 heterocycles. The van der Waals surface area contributed by atoms with E-state index < -0.39 is 0 Å². The van der Waals surface area contributed by atoms with Crippen LogP contribution in [0, 0.1) is 0 Å². The van der Waals surface area contributed by atoms with Crippen LogP contribution < -0.4 is 0 Å². The summed E-state index contributed by atoms with van der Waals surface area (Å²) in [6.07, 6.45) is 6.66. The molecule has 0 spiro atoms. The van der Waals surface area contributed by atoms with Crippen LogP contribution in [0.5, 0.6) is 0 Å². The quantitative estimate of drug-likeness (QED) is 0.270. The fourth-order valence-electron chi connectivity index (χ4n) is 5.10. The van der Waals surface area contributed by atoms with Crippen LogP contribution in [0.15, 0.2) is 151 Å². The number of hydrogen-bond donors (Lipinski definition) is 0. The van der Waals surface area contributed by atoms with Crippen LogP contribution >= 0.6 is 0 Å². The SMILES string of the molecule is C1=CC(C2=C(c3ccccc3)C(c3ccccc3)=C(c3ccccc3)C2c2ccccc2)=C1.[Co]. The van der Waals surface area contributed by atoms with Crippen LogP contribution in [0.4, 0.5) is 0 Å². The molecule has 34 heavy (non-hydrogen) atoms. The van der Waals surface area contributed by atoms with Crippen molar-refractivity contribution in [3.8, 4) is 0 Å². The first-order valence-corrected chi connectivity index (χ1v) is 11.5. The number of rotatable bonds is 5. The molecule has 165 valence electrons. The van der Waals surface area contributed by atoms with Gasteiger partial charge in [-0.15, -0.1) is 0 Å². The minimum absolute atomic E-state index is 0. The molecular weight excluding hydrogens is 455 g/mol. The van der Waals surface area contributed by atoms with Gasteiger partial charge in [0.1, 0.15) is 0 Å². The summed E-state index contributed by atoms with van der Waals surface area (Å²) in [6, 6.07) is 43.6. The zero-order valence-corrected chi connectivity index (χ0v) is 19.7. The maximum Gasteiger partial charge on any atom is 0.0364 e. The van der Waals surface area contributed by atoms with Gasteiger partial charge in [0.25, 0.3) is 0 Å². The molecule has 0 aliphatic heterocycles. The Kier molecular flexibility index (Phi) is 6.31. The first-order chi connectivity index (χ1) is 16.4. The van der Waals surface area contributed by atoms with E-state index in [1.54, 1.807) is 0 Å². The molecule has 6 rings (SSSR count).